The molecule has 0 aromatic heterocycles. The quantitative estimate of drug-likeness (QED) is 0.788. The second-order valence-electron chi connectivity index (χ2n) is 4.63. The number of hydrogen-bond donors (Lipinski definition) is 1. The molecule has 86 valence electrons. The Morgan fingerprint density at radius 3 is 2.00 bits per heavy atom. The highest BCUT2D eigenvalue weighted by atomic mass is 15.1. The van der Waals surface area contributed by atoms with Gasteiger partial charge in [-0.15, -0.1) is 0 Å². The minimum atomic E-state index is 0.503. The van der Waals surface area contributed by atoms with E-state index < -0.39 is 0 Å². The molecule has 2 aromatic carbocycles. The zero-order valence-corrected chi connectivity index (χ0v) is 10.1. The van der Waals surface area contributed by atoms with E-state index in [1.165, 1.54) is 16.7 Å². The molecule has 1 aliphatic heterocycles. The topological polar surface area (TPSA) is 21.9 Å². The Labute approximate surface area is 102 Å². The lowest BCUT2D eigenvalue weighted by Crippen LogP contribution is -1.86. The first kappa shape index (κ1) is 10.5. The predicted molar refractivity (Wildman–Crippen MR) is 70.9 cm³/mol. The number of aryl methyl sites for hydroxylation is 1. The fourth-order valence-corrected chi connectivity index (χ4v) is 2.34. The molecule has 2 atom stereocenters. The summed E-state index contributed by atoms with van der Waals surface area (Å²) in [5.74, 6) is 0. The summed E-state index contributed by atoms with van der Waals surface area (Å²) in [5, 5.41) is 3.54. The second-order valence-corrected chi connectivity index (χ2v) is 4.63. The third-order valence-corrected chi connectivity index (χ3v) is 3.49. The second kappa shape index (κ2) is 4.34. The van der Waals surface area contributed by atoms with Crippen molar-refractivity contribution in [1.29, 1.82) is 0 Å². The van der Waals surface area contributed by atoms with Crippen LogP contribution in [0.2, 0.25) is 0 Å². The van der Waals surface area contributed by atoms with E-state index in [0.29, 0.717) is 12.1 Å². The lowest BCUT2D eigenvalue weighted by atomic mass is 10.0. The van der Waals surface area contributed by atoms with Gasteiger partial charge in [0.25, 0.3) is 0 Å². The molecule has 1 heteroatoms. The molecule has 2 unspecified atom stereocenters. The molecule has 3 rings (SSSR count). The normalized spacial score (nSPS) is 22.4. The van der Waals surface area contributed by atoms with Crippen LogP contribution in [-0.2, 0) is 6.42 Å². The Morgan fingerprint density at radius 1 is 0.824 bits per heavy atom. The van der Waals surface area contributed by atoms with Crippen molar-refractivity contribution in [2.24, 2.45) is 0 Å². The largest absolute Gasteiger partial charge is 0.300 e. The van der Waals surface area contributed by atoms with Gasteiger partial charge in [0.1, 0.15) is 0 Å². The summed E-state index contributed by atoms with van der Waals surface area (Å²) in [4.78, 5) is 0. The molecule has 1 fully saturated rings. The van der Waals surface area contributed by atoms with E-state index in [1.54, 1.807) is 0 Å². The van der Waals surface area contributed by atoms with Gasteiger partial charge in [-0.1, -0.05) is 61.5 Å². The van der Waals surface area contributed by atoms with Crippen molar-refractivity contribution >= 4 is 0 Å². The SMILES string of the molecule is CCc1ccc(C2NC2c2ccccc2)cc1. The maximum atomic E-state index is 3.54. The maximum Gasteiger partial charge on any atom is 0.0523 e. The fourth-order valence-electron chi connectivity index (χ4n) is 2.34. The highest BCUT2D eigenvalue weighted by Gasteiger charge is 2.38. The highest BCUT2D eigenvalue weighted by Crippen LogP contribution is 2.42. The highest BCUT2D eigenvalue weighted by molar-refractivity contribution is 5.35. The lowest BCUT2D eigenvalue weighted by Gasteiger charge is -2.01. The van der Waals surface area contributed by atoms with Crippen LogP contribution in [0.3, 0.4) is 0 Å². The zero-order valence-electron chi connectivity index (χ0n) is 10.1. The number of nitrogens with one attached hydrogen (secondary N) is 1. The van der Waals surface area contributed by atoms with Crippen LogP contribution >= 0.6 is 0 Å². The van der Waals surface area contributed by atoms with E-state index in [0.717, 1.165) is 6.42 Å². The molecular weight excluding hydrogens is 206 g/mol. The Kier molecular flexibility index (Phi) is 2.69. The molecule has 1 saturated heterocycles. The van der Waals surface area contributed by atoms with Crippen molar-refractivity contribution in [3.8, 4) is 0 Å². The molecule has 1 nitrogen and oxygen atoms in total. The molecule has 17 heavy (non-hydrogen) atoms. The Bertz CT molecular complexity index is 487. The van der Waals surface area contributed by atoms with Crippen LogP contribution in [0.5, 0.6) is 0 Å². The van der Waals surface area contributed by atoms with Crippen molar-refractivity contribution in [3.05, 3.63) is 71.3 Å². The van der Waals surface area contributed by atoms with Crippen LogP contribution in [0.15, 0.2) is 54.6 Å². The van der Waals surface area contributed by atoms with E-state index in [9.17, 15) is 0 Å². The number of benzene rings is 2. The average Bonchev–Trinajstić information content (AvgIpc) is 3.20. The van der Waals surface area contributed by atoms with Crippen LogP contribution in [-0.4, -0.2) is 0 Å². The van der Waals surface area contributed by atoms with Gasteiger partial charge in [0.05, 0.1) is 12.1 Å². The predicted octanol–water partition coefficient (Wildman–Crippen LogP) is 3.63. The third-order valence-electron chi connectivity index (χ3n) is 3.49. The first-order valence-corrected chi connectivity index (χ1v) is 6.28. The smallest absolute Gasteiger partial charge is 0.0523 e. The summed E-state index contributed by atoms with van der Waals surface area (Å²) in [6, 6.07) is 20.6. The van der Waals surface area contributed by atoms with E-state index in [-0.39, 0.29) is 0 Å². The van der Waals surface area contributed by atoms with Gasteiger partial charge in [-0.25, -0.2) is 0 Å². The number of rotatable bonds is 3. The van der Waals surface area contributed by atoms with Gasteiger partial charge in [-0.3, -0.25) is 5.32 Å². The molecule has 0 saturated carbocycles. The van der Waals surface area contributed by atoms with E-state index in [2.05, 4.69) is 66.8 Å². The summed E-state index contributed by atoms with van der Waals surface area (Å²) < 4.78 is 0. The van der Waals surface area contributed by atoms with Crippen LogP contribution in [0.25, 0.3) is 0 Å². The fraction of sp³-hybridized carbons (Fsp3) is 0.250. The van der Waals surface area contributed by atoms with Crippen molar-refractivity contribution < 1.29 is 0 Å². The molecular formula is C16H17N. The van der Waals surface area contributed by atoms with Crippen LogP contribution < -0.4 is 5.32 Å². The van der Waals surface area contributed by atoms with Crippen LogP contribution in [0.1, 0.15) is 35.7 Å². The Balaban J connectivity index is 1.76. The zero-order chi connectivity index (χ0) is 11.7. The van der Waals surface area contributed by atoms with Gasteiger partial charge in [0, 0.05) is 0 Å². The van der Waals surface area contributed by atoms with Crippen molar-refractivity contribution in [2.75, 3.05) is 0 Å². The van der Waals surface area contributed by atoms with Crippen molar-refractivity contribution in [2.45, 2.75) is 25.4 Å². The summed E-state index contributed by atoms with van der Waals surface area (Å²) >= 11 is 0. The minimum Gasteiger partial charge on any atom is -0.300 e. The minimum absolute atomic E-state index is 0.503. The van der Waals surface area contributed by atoms with E-state index in [4.69, 9.17) is 0 Å². The molecule has 2 aromatic rings. The molecule has 1 aliphatic rings. The molecule has 0 bridgehead atoms. The Morgan fingerprint density at radius 2 is 1.41 bits per heavy atom. The lowest BCUT2D eigenvalue weighted by molar-refractivity contribution is 1.02. The van der Waals surface area contributed by atoms with E-state index in [1.807, 2.05) is 0 Å². The Hall–Kier alpha value is -1.60. The van der Waals surface area contributed by atoms with Crippen molar-refractivity contribution in [1.82, 2.24) is 5.32 Å². The summed E-state index contributed by atoms with van der Waals surface area (Å²) in [6.07, 6.45) is 1.11. The monoisotopic (exact) mass is 223 g/mol. The summed E-state index contributed by atoms with van der Waals surface area (Å²) in [6.45, 7) is 2.19. The molecule has 0 spiro atoms. The van der Waals surface area contributed by atoms with Gasteiger partial charge in [-0.2, -0.15) is 0 Å². The summed E-state index contributed by atoms with van der Waals surface area (Å²) in [5.41, 5.74) is 4.19. The van der Waals surface area contributed by atoms with Crippen LogP contribution in [0.4, 0.5) is 0 Å². The van der Waals surface area contributed by atoms with Gasteiger partial charge < -0.3 is 0 Å². The van der Waals surface area contributed by atoms with Gasteiger partial charge in [-0.05, 0) is 23.1 Å². The molecule has 0 aliphatic carbocycles. The average molecular weight is 223 g/mol. The molecule has 0 amide bonds. The first-order valence-electron chi connectivity index (χ1n) is 6.28. The van der Waals surface area contributed by atoms with Gasteiger partial charge >= 0.3 is 0 Å². The van der Waals surface area contributed by atoms with Gasteiger partial charge in [0.2, 0.25) is 0 Å². The number of hydrogen-bond acceptors (Lipinski definition) is 1. The van der Waals surface area contributed by atoms with Crippen molar-refractivity contribution in [3.63, 3.8) is 0 Å². The maximum absolute atomic E-state index is 3.54. The third kappa shape index (κ3) is 2.11. The standard InChI is InChI=1S/C16H17N/c1-2-12-8-10-14(11-9-12)16-15(17-16)13-6-4-3-5-7-13/h3-11,15-17H,2H2,1H3. The summed E-state index contributed by atoms with van der Waals surface area (Å²) in [7, 11) is 0. The van der Waals surface area contributed by atoms with Gasteiger partial charge in [0.15, 0.2) is 0 Å². The molecule has 0 radical (unpaired) electrons. The van der Waals surface area contributed by atoms with E-state index >= 15 is 0 Å². The van der Waals surface area contributed by atoms with Crippen LogP contribution in [0, 0.1) is 0 Å². The molecule has 1 N–H and O–H groups in total. The molecule has 1 heterocycles. The first-order chi connectivity index (χ1) is 8.38.